The average Bonchev–Trinajstić information content (AvgIpc) is 2.90. The van der Waals surface area contributed by atoms with E-state index < -0.39 is 0 Å². The van der Waals surface area contributed by atoms with Crippen LogP contribution in [-0.4, -0.2) is 19.7 Å². The van der Waals surface area contributed by atoms with Gasteiger partial charge in [0.25, 0.3) is 0 Å². The average molecular weight is 262 g/mol. The van der Waals surface area contributed by atoms with Crippen molar-refractivity contribution in [3.05, 3.63) is 51.7 Å². The number of hydrogen-bond acceptors (Lipinski definition) is 4. The molecule has 0 radical (unpaired) electrons. The second-order valence-corrected chi connectivity index (χ2v) is 4.80. The smallest absolute Gasteiger partial charge is 0.206 e. The van der Waals surface area contributed by atoms with E-state index in [0.717, 1.165) is 5.56 Å². The first kappa shape index (κ1) is 12.8. The van der Waals surface area contributed by atoms with E-state index >= 15 is 0 Å². The van der Waals surface area contributed by atoms with Crippen LogP contribution in [-0.2, 0) is 4.74 Å². The van der Waals surface area contributed by atoms with Crippen LogP contribution in [0.4, 0.5) is 0 Å². The lowest BCUT2D eigenvalue weighted by atomic mass is 10.1. The highest BCUT2D eigenvalue weighted by Crippen LogP contribution is 2.25. The molecule has 0 atom stereocenters. The molecular weight excluding hydrogens is 248 g/mol. The maximum absolute atomic E-state index is 12.3. The fraction of sp³-hybridized carbons (Fsp3) is 0.214. The topological polar surface area (TPSA) is 35.5 Å². The highest BCUT2D eigenvalue weighted by molar-refractivity contribution is 7.12. The van der Waals surface area contributed by atoms with Gasteiger partial charge in [-0.05, 0) is 30.5 Å². The predicted molar refractivity (Wildman–Crippen MR) is 71.4 cm³/mol. The van der Waals surface area contributed by atoms with Gasteiger partial charge in [0.2, 0.25) is 5.78 Å². The molecule has 0 bridgehead atoms. The van der Waals surface area contributed by atoms with E-state index in [1.165, 1.54) is 11.3 Å². The fourth-order valence-corrected chi connectivity index (χ4v) is 2.29. The van der Waals surface area contributed by atoms with Gasteiger partial charge in [0, 0.05) is 7.11 Å². The SMILES string of the molecule is COCOc1ccc(C)cc1C(=O)c1cccs1. The first-order valence-electron chi connectivity index (χ1n) is 5.53. The van der Waals surface area contributed by atoms with Crippen molar-refractivity contribution in [1.29, 1.82) is 0 Å². The molecule has 4 heteroatoms. The summed E-state index contributed by atoms with van der Waals surface area (Å²) in [5.74, 6) is 0.542. The molecule has 2 aromatic rings. The van der Waals surface area contributed by atoms with Gasteiger partial charge in [-0.2, -0.15) is 0 Å². The fourth-order valence-electron chi connectivity index (χ4n) is 1.61. The summed E-state index contributed by atoms with van der Waals surface area (Å²) in [6.07, 6.45) is 0. The summed E-state index contributed by atoms with van der Waals surface area (Å²) in [7, 11) is 1.55. The Bertz CT molecular complexity index is 532. The standard InChI is InChI=1S/C14H14O3S/c1-10-5-6-12(17-9-16-2)11(8-10)14(15)13-4-3-7-18-13/h3-8H,9H2,1-2H3. The number of rotatable bonds is 5. The number of methoxy groups -OCH3 is 1. The van der Waals surface area contributed by atoms with Crippen molar-refractivity contribution < 1.29 is 14.3 Å². The number of ether oxygens (including phenoxy) is 2. The molecule has 0 amide bonds. The molecule has 1 aromatic carbocycles. The molecule has 3 nitrogen and oxygen atoms in total. The van der Waals surface area contributed by atoms with E-state index in [9.17, 15) is 4.79 Å². The minimum absolute atomic E-state index is 0.0141. The Balaban J connectivity index is 2.35. The molecule has 0 saturated heterocycles. The lowest BCUT2D eigenvalue weighted by Gasteiger charge is -2.10. The molecule has 0 aliphatic heterocycles. The summed E-state index contributed by atoms with van der Waals surface area (Å²) < 4.78 is 10.3. The van der Waals surface area contributed by atoms with Crippen molar-refractivity contribution in [3.8, 4) is 5.75 Å². The van der Waals surface area contributed by atoms with Crippen molar-refractivity contribution in [2.45, 2.75) is 6.92 Å². The van der Waals surface area contributed by atoms with Crippen LogP contribution in [0.1, 0.15) is 20.8 Å². The second-order valence-electron chi connectivity index (χ2n) is 3.86. The van der Waals surface area contributed by atoms with Gasteiger partial charge in [0.15, 0.2) is 6.79 Å². The Morgan fingerprint density at radius 3 is 2.83 bits per heavy atom. The van der Waals surface area contributed by atoms with Crippen molar-refractivity contribution in [1.82, 2.24) is 0 Å². The predicted octanol–water partition coefficient (Wildman–Crippen LogP) is 3.27. The Hall–Kier alpha value is -1.65. The number of thiophene rings is 1. The Morgan fingerprint density at radius 2 is 2.17 bits per heavy atom. The Labute approximate surface area is 110 Å². The van der Waals surface area contributed by atoms with Gasteiger partial charge in [-0.15, -0.1) is 11.3 Å². The van der Waals surface area contributed by atoms with Crippen LogP contribution < -0.4 is 4.74 Å². The quantitative estimate of drug-likeness (QED) is 0.613. The summed E-state index contributed by atoms with van der Waals surface area (Å²) >= 11 is 1.43. The van der Waals surface area contributed by atoms with Gasteiger partial charge in [-0.25, -0.2) is 0 Å². The summed E-state index contributed by atoms with van der Waals surface area (Å²) in [6, 6.07) is 9.23. The molecule has 0 N–H and O–H groups in total. The number of hydrogen-bond donors (Lipinski definition) is 0. The molecule has 1 heterocycles. The van der Waals surface area contributed by atoms with Gasteiger partial charge in [0.1, 0.15) is 5.75 Å². The van der Waals surface area contributed by atoms with Gasteiger partial charge < -0.3 is 9.47 Å². The van der Waals surface area contributed by atoms with Gasteiger partial charge in [-0.1, -0.05) is 17.7 Å². The molecule has 94 valence electrons. The van der Waals surface area contributed by atoms with E-state index in [2.05, 4.69) is 0 Å². The number of aryl methyl sites for hydroxylation is 1. The summed E-state index contributed by atoms with van der Waals surface area (Å²) in [6.45, 7) is 2.08. The third-order valence-corrected chi connectivity index (χ3v) is 3.33. The van der Waals surface area contributed by atoms with E-state index in [1.54, 1.807) is 13.2 Å². The molecule has 0 spiro atoms. The first-order chi connectivity index (χ1) is 8.72. The van der Waals surface area contributed by atoms with Crippen LogP contribution >= 0.6 is 11.3 Å². The van der Waals surface area contributed by atoms with E-state index in [-0.39, 0.29) is 12.6 Å². The molecule has 1 aromatic heterocycles. The van der Waals surface area contributed by atoms with Crippen LogP contribution in [0, 0.1) is 6.92 Å². The van der Waals surface area contributed by atoms with Crippen LogP contribution in [0.2, 0.25) is 0 Å². The normalized spacial score (nSPS) is 10.3. The number of carbonyl (C=O) groups is 1. The summed E-state index contributed by atoms with van der Waals surface area (Å²) in [5.41, 5.74) is 1.61. The minimum Gasteiger partial charge on any atom is -0.467 e. The minimum atomic E-state index is -0.0141. The van der Waals surface area contributed by atoms with Crippen molar-refractivity contribution in [2.75, 3.05) is 13.9 Å². The largest absolute Gasteiger partial charge is 0.467 e. The molecule has 0 aliphatic carbocycles. The monoisotopic (exact) mass is 262 g/mol. The zero-order chi connectivity index (χ0) is 13.0. The Kier molecular flexibility index (Phi) is 4.12. The molecule has 0 aliphatic rings. The van der Waals surface area contributed by atoms with Crippen LogP contribution in [0.15, 0.2) is 35.7 Å². The summed E-state index contributed by atoms with van der Waals surface area (Å²) in [4.78, 5) is 13.0. The van der Waals surface area contributed by atoms with Crippen LogP contribution in [0.25, 0.3) is 0 Å². The lowest BCUT2D eigenvalue weighted by Crippen LogP contribution is -2.06. The van der Waals surface area contributed by atoms with E-state index in [1.807, 2.05) is 36.6 Å². The van der Waals surface area contributed by atoms with Gasteiger partial charge in [0.05, 0.1) is 10.4 Å². The zero-order valence-electron chi connectivity index (χ0n) is 10.3. The van der Waals surface area contributed by atoms with Crippen molar-refractivity contribution >= 4 is 17.1 Å². The Morgan fingerprint density at radius 1 is 1.33 bits per heavy atom. The highest BCUT2D eigenvalue weighted by atomic mass is 32.1. The molecule has 0 saturated carbocycles. The van der Waals surface area contributed by atoms with Crippen molar-refractivity contribution in [3.63, 3.8) is 0 Å². The number of carbonyl (C=O) groups excluding carboxylic acids is 1. The number of ketones is 1. The number of benzene rings is 1. The maximum atomic E-state index is 12.3. The van der Waals surface area contributed by atoms with E-state index in [4.69, 9.17) is 9.47 Å². The lowest BCUT2D eigenvalue weighted by molar-refractivity contribution is 0.0503. The molecular formula is C14H14O3S. The van der Waals surface area contributed by atoms with Gasteiger partial charge in [-0.3, -0.25) is 4.79 Å². The van der Waals surface area contributed by atoms with Crippen molar-refractivity contribution in [2.24, 2.45) is 0 Å². The van der Waals surface area contributed by atoms with E-state index in [0.29, 0.717) is 16.2 Å². The zero-order valence-corrected chi connectivity index (χ0v) is 11.1. The molecule has 0 fully saturated rings. The molecule has 2 rings (SSSR count). The third-order valence-electron chi connectivity index (χ3n) is 2.46. The second kappa shape index (κ2) is 5.80. The molecule has 0 unspecified atom stereocenters. The van der Waals surface area contributed by atoms with Gasteiger partial charge >= 0.3 is 0 Å². The highest BCUT2D eigenvalue weighted by Gasteiger charge is 2.15. The maximum Gasteiger partial charge on any atom is 0.206 e. The first-order valence-corrected chi connectivity index (χ1v) is 6.41. The van der Waals surface area contributed by atoms with Crippen LogP contribution in [0.3, 0.4) is 0 Å². The third kappa shape index (κ3) is 2.78. The van der Waals surface area contributed by atoms with Crippen LogP contribution in [0.5, 0.6) is 5.75 Å². The molecule has 18 heavy (non-hydrogen) atoms. The summed E-state index contributed by atoms with van der Waals surface area (Å²) in [5, 5.41) is 1.89.